The maximum atomic E-state index is 14.0. The standard InChI is InChI=1S/C50H62ClN9O8S2/c1-28-31(4)70-49-42(28)43(34-13-15-36(51)16-14-34)55-38(46-58-57-32(5)60(46)49)24-40(62)52-17-18-66-19-20-67-21-22-68-26-41(63)56-45(50(6,7)8)48(65)59-25-37(61)23-39(59)47(64)54-29(2)33-9-11-35(12-10-33)44-30(3)53-27-69-44/h9-16,27,29,37-39,45,61H,17-26H2,1-8H3,(H,52,62)(H,54,64)(H,56,63)/t29-,37+,38-,39-,45+/m0/s1. The van der Waals surface area contributed by atoms with Crippen LogP contribution >= 0.6 is 34.3 Å². The lowest BCUT2D eigenvalue weighted by atomic mass is 9.85. The fraction of sp³-hybridized carbons (Fsp3) is 0.480. The molecule has 0 spiro atoms. The van der Waals surface area contributed by atoms with Gasteiger partial charge in [0.15, 0.2) is 5.82 Å². The van der Waals surface area contributed by atoms with Crippen LogP contribution < -0.4 is 16.0 Å². The first-order valence-corrected chi connectivity index (χ1v) is 25.4. The topological polar surface area (TPSA) is 211 Å². The fourth-order valence-corrected chi connectivity index (χ4v) is 10.6. The van der Waals surface area contributed by atoms with Crippen LogP contribution in [-0.4, -0.2) is 130 Å². The lowest BCUT2D eigenvalue weighted by Crippen LogP contribution is -2.58. The number of aryl methyl sites for hydroxylation is 3. The number of fused-ring (bicyclic) bond motifs is 3. The van der Waals surface area contributed by atoms with Gasteiger partial charge in [0.1, 0.15) is 35.6 Å². The molecule has 0 saturated carbocycles. The zero-order valence-corrected chi connectivity index (χ0v) is 43.2. The number of aliphatic hydroxyl groups excluding tert-OH is 1. The zero-order chi connectivity index (χ0) is 50.3. The summed E-state index contributed by atoms with van der Waals surface area (Å²) in [5, 5.41) is 29.8. The highest BCUT2D eigenvalue weighted by Gasteiger charge is 2.45. The number of amides is 4. The van der Waals surface area contributed by atoms with E-state index in [4.69, 9.17) is 30.8 Å². The van der Waals surface area contributed by atoms with Crippen LogP contribution in [0.4, 0.5) is 0 Å². The number of ether oxygens (including phenoxy) is 3. The Morgan fingerprint density at radius 2 is 1.56 bits per heavy atom. The van der Waals surface area contributed by atoms with Gasteiger partial charge in [-0.05, 0) is 68.9 Å². The van der Waals surface area contributed by atoms with E-state index in [0.29, 0.717) is 16.7 Å². The van der Waals surface area contributed by atoms with Gasteiger partial charge in [-0.2, -0.15) is 0 Å². The Morgan fingerprint density at radius 1 is 0.886 bits per heavy atom. The molecule has 5 atom stereocenters. The molecule has 4 N–H and O–H groups in total. The number of thiazole rings is 1. The van der Waals surface area contributed by atoms with Crippen molar-refractivity contribution in [3.8, 4) is 15.4 Å². The average molecular weight is 1020 g/mol. The van der Waals surface area contributed by atoms with Crippen molar-refractivity contribution < 1.29 is 38.5 Å². The molecule has 2 aliphatic rings. The molecular weight excluding hydrogens is 954 g/mol. The number of β-amino-alcohol motifs (C(OH)–C–C–N with tert-alkyl or cyclic N) is 1. The molecule has 4 amide bonds. The molecule has 20 heteroatoms. The fourth-order valence-electron chi connectivity index (χ4n) is 8.47. The Balaban J connectivity index is 0.804. The van der Waals surface area contributed by atoms with Crippen molar-refractivity contribution in [3.05, 3.63) is 104 Å². The maximum Gasteiger partial charge on any atom is 0.246 e. The van der Waals surface area contributed by atoms with Crippen LogP contribution in [0.1, 0.15) is 97.1 Å². The lowest BCUT2D eigenvalue weighted by Gasteiger charge is -2.35. The van der Waals surface area contributed by atoms with Gasteiger partial charge in [-0.1, -0.05) is 68.8 Å². The molecule has 7 rings (SSSR count). The molecule has 5 aromatic rings. The van der Waals surface area contributed by atoms with Crippen LogP contribution in [0.3, 0.4) is 0 Å². The van der Waals surface area contributed by atoms with Crippen molar-refractivity contribution in [2.24, 2.45) is 10.4 Å². The highest BCUT2D eigenvalue weighted by Crippen LogP contribution is 2.40. The predicted octanol–water partition coefficient (Wildman–Crippen LogP) is 6.16. The number of likely N-dealkylation sites (tertiary alicyclic amines) is 1. The van der Waals surface area contributed by atoms with E-state index in [1.165, 1.54) is 4.90 Å². The van der Waals surface area contributed by atoms with E-state index in [0.717, 1.165) is 54.0 Å². The summed E-state index contributed by atoms with van der Waals surface area (Å²) in [5.41, 5.74) is 7.75. The number of aliphatic imine (C=N–C) groups is 1. The summed E-state index contributed by atoms with van der Waals surface area (Å²) in [5.74, 6) is -0.238. The van der Waals surface area contributed by atoms with E-state index in [9.17, 15) is 24.3 Å². The van der Waals surface area contributed by atoms with Gasteiger partial charge in [0.2, 0.25) is 23.6 Å². The molecule has 374 valence electrons. The summed E-state index contributed by atoms with van der Waals surface area (Å²) in [6, 6.07) is 12.6. The van der Waals surface area contributed by atoms with Gasteiger partial charge in [0.05, 0.1) is 73.4 Å². The first-order valence-electron chi connectivity index (χ1n) is 23.4. The molecular formula is C50H62ClN9O8S2. The molecule has 0 bridgehead atoms. The highest BCUT2D eigenvalue weighted by atomic mass is 35.5. The van der Waals surface area contributed by atoms with Gasteiger partial charge in [-0.3, -0.25) is 28.7 Å². The van der Waals surface area contributed by atoms with E-state index in [1.807, 2.05) is 100 Å². The molecule has 5 heterocycles. The number of hydrogen-bond donors (Lipinski definition) is 4. The van der Waals surface area contributed by atoms with Crippen LogP contribution in [0.5, 0.6) is 0 Å². The van der Waals surface area contributed by atoms with E-state index in [1.54, 1.807) is 22.7 Å². The number of rotatable bonds is 20. The quantitative estimate of drug-likeness (QED) is 0.0649. The predicted molar refractivity (Wildman–Crippen MR) is 270 cm³/mol. The smallest absolute Gasteiger partial charge is 0.246 e. The molecule has 1 saturated heterocycles. The molecule has 1 fully saturated rings. The number of benzene rings is 2. The normalized spacial score (nSPS) is 17.5. The largest absolute Gasteiger partial charge is 0.391 e. The van der Waals surface area contributed by atoms with Gasteiger partial charge >= 0.3 is 0 Å². The zero-order valence-electron chi connectivity index (χ0n) is 40.8. The van der Waals surface area contributed by atoms with Gasteiger partial charge in [-0.15, -0.1) is 32.9 Å². The highest BCUT2D eigenvalue weighted by molar-refractivity contribution is 7.15. The van der Waals surface area contributed by atoms with Crippen LogP contribution in [0.25, 0.3) is 15.4 Å². The van der Waals surface area contributed by atoms with E-state index in [-0.39, 0.29) is 83.4 Å². The summed E-state index contributed by atoms with van der Waals surface area (Å²) >= 11 is 9.45. The lowest BCUT2D eigenvalue weighted by molar-refractivity contribution is -0.144. The number of carbonyl (C=O) groups excluding carboxylic acids is 4. The SMILES string of the molecule is Cc1ncsc1-c1ccc([C@H](C)NC(=O)[C@@H]2C[C@@H](O)CN2C(=O)[C@@H](NC(=O)COCCOCCOCCNC(=O)C[C@@H]2N=C(c3ccc(Cl)cc3)c3c(sc(C)c3C)-n3c(C)nnc32)C(C)(C)C)cc1. The van der Waals surface area contributed by atoms with Crippen molar-refractivity contribution in [2.45, 2.75) is 98.5 Å². The molecule has 17 nitrogen and oxygen atoms in total. The monoisotopic (exact) mass is 1020 g/mol. The summed E-state index contributed by atoms with van der Waals surface area (Å²) in [6.07, 6.45) is -0.753. The minimum Gasteiger partial charge on any atom is -0.391 e. The average Bonchev–Trinajstić information content (AvgIpc) is 4.09. The first-order chi connectivity index (χ1) is 33.4. The Bertz CT molecular complexity index is 2680. The number of aliphatic hydroxyl groups is 1. The number of halogens is 1. The Hall–Kier alpha value is -5.41. The molecule has 2 aromatic carbocycles. The van der Waals surface area contributed by atoms with Crippen LogP contribution in [0.15, 0.2) is 59.0 Å². The summed E-state index contributed by atoms with van der Waals surface area (Å²) in [4.78, 5) is 67.1. The van der Waals surface area contributed by atoms with Gasteiger partial charge < -0.3 is 40.2 Å². The van der Waals surface area contributed by atoms with Crippen molar-refractivity contribution in [3.63, 3.8) is 0 Å². The maximum absolute atomic E-state index is 14.0. The summed E-state index contributed by atoms with van der Waals surface area (Å²) in [6.45, 7) is 16.4. The second-order valence-electron chi connectivity index (χ2n) is 18.6. The number of nitrogens with zero attached hydrogens (tertiary/aromatic N) is 6. The second kappa shape index (κ2) is 23.2. The number of carbonyl (C=O) groups is 4. The first kappa shape index (κ1) is 52.4. The molecule has 0 radical (unpaired) electrons. The minimum atomic E-state index is -0.991. The third kappa shape index (κ3) is 12.5. The van der Waals surface area contributed by atoms with Crippen molar-refractivity contribution in [1.82, 2.24) is 40.6 Å². The van der Waals surface area contributed by atoms with Gasteiger partial charge in [0, 0.05) is 40.5 Å². The summed E-state index contributed by atoms with van der Waals surface area (Å²) in [7, 11) is 0. The minimum absolute atomic E-state index is 0.0337. The number of hydrogen-bond acceptors (Lipinski definition) is 14. The third-order valence-electron chi connectivity index (χ3n) is 12.3. The Labute approximate surface area is 421 Å². The van der Waals surface area contributed by atoms with E-state index in [2.05, 4.69) is 45.0 Å². The van der Waals surface area contributed by atoms with Gasteiger partial charge in [-0.25, -0.2) is 4.98 Å². The van der Waals surface area contributed by atoms with Crippen molar-refractivity contribution in [2.75, 3.05) is 52.7 Å². The van der Waals surface area contributed by atoms with Crippen LogP contribution in [0, 0.1) is 33.1 Å². The number of aromatic nitrogens is 4. The van der Waals surface area contributed by atoms with E-state index >= 15 is 0 Å². The van der Waals surface area contributed by atoms with Crippen LogP contribution in [0.2, 0.25) is 5.02 Å². The van der Waals surface area contributed by atoms with Gasteiger partial charge in [0.25, 0.3) is 0 Å². The molecule has 70 heavy (non-hydrogen) atoms. The Kier molecular flexibility index (Phi) is 17.4. The second-order valence-corrected chi connectivity index (χ2v) is 21.1. The number of nitrogens with one attached hydrogen (secondary N) is 3. The Morgan fingerprint density at radius 3 is 2.23 bits per heavy atom. The molecule has 3 aromatic heterocycles. The summed E-state index contributed by atoms with van der Waals surface area (Å²) < 4.78 is 18.9. The molecule has 0 unspecified atom stereocenters. The molecule has 2 aliphatic heterocycles. The van der Waals surface area contributed by atoms with E-state index < -0.39 is 41.5 Å². The molecule has 0 aliphatic carbocycles. The van der Waals surface area contributed by atoms with Crippen molar-refractivity contribution >= 4 is 63.6 Å². The van der Waals surface area contributed by atoms with Crippen molar-refractivity contribution in [1.29, 1.82) is 0 Å². The van der Waals surface area contributed by atoms with Crippen LogP contribution in [-0.2, 0) is 33.4 Å². The third-order valence-corrected chi connectivity index (χ3v) is 14.8. The number of thiophene rings is 1.